The Bertz CT molecular complexity index is 1070. The van der Waals surface area contributed by atoms with E-state index >= 15 is 0 Å². The van der Waals surface area contributed by atoms with E-state index in [1.807, 2.05) is 48.5 Å². The van der Waals surface area contributed by atoms with E-state index < -0.39 is 10.0 Å². The van der Waals surface area contributed by atoms with Crippen LogP contribution in [0.2, 0.25) is 0 Å². The molecule has 0 fully saturated rings. The number of aryl methyl sites for hydroxylation is 2. The van der Waals surface area contributed by atoms with E-state index in [1.54, 1.807) is 18.3 Å². The van der Waals surface area contributed by atoms with Crippen molar-refractivity contribution in [2.75, 3.05) is 0 Å². The number of pyridine rings is 1. The summed E-state index contributed by atoms with van der Waals surface area (Å²) in [6.45, 7) is 0.193. The largest absolute Gasteiger partial charge is 0.439 e. The second-order valence-corrected chi connectivity index (χ2v) is 8.65. The highest BCUT2D eigenvalue weighted by atomic mass is 32.2. The van der Waals surface area contributed by atoms with Crippen molar-refractivity contribution in [3.63, 3.8) is 0 Å². The summed E-state index contributed by atoms with van der Waals surface area (Å²) in [5, 5.41) is 0. The third-order valence-corrected chi connectivity index (χ3v) is 6.25. The molecule has 1 N–H and O–H groups in total. The zero-order valence-corrected chi connectivity index (χ0v) is 16.3. The quantitative estimate of drug-likeness (QED) is 0.679. The van der Waals surface area contributed by atoms with Crippen LogP contribution in [0.1, 0.15) is 29.5 Å². The van der Waals surface area contributed by atoms with Gasteiger partial charge in [-0.05, 0) is 72.7 Å². The Labute approximate surface area is 165 Å². The van der Waals surface area contributed by atoms with Crippen LogP contribution in [0.3, 0.4) is 0 Å². The lowest BCUT2D eigenvalue weighted by Gasteiger charge is -2.17. The highest BCUT2D eigenvalue weighted by molar-refractivity contribution is 7.89. The monoisotopic (exact) mass is 394 g/mol. The van der Waals surface area contributed by atoms with E-state index in [9.17, 15) is 8.42 Å². The highest BCUT2D eigenvalue weighted by Gasteiger charge is 2.17. The molecule has 0 spiro atoms. The molecule has 0 bridgehead atoms. The van der Waals surface area contributed by atoms with Crippen LogP contribution in [0.25, 0.3) is 0 Å². The van der Waals surface area contributed by atoms with Crippen molar-refractivity contribution in [3.8, 4) is 11.6 Å². The first-order chi connectivity index (χ1) is 13.6. The molecule has 0 unspecified atom stereocenters. The molecule has 2 aromatic carbocycles. The van der Waals surface area contributed by atoms with Crippen molar-refractivity contribution in [1.82, 2.24) is 9.71 Å². The van der Waals surface area contributed by atoms with Gasteiger partial charge in [0.2, 0.25) is 15.9 Å². The van der Waals surface area contributed by atoms with Gasteiger partial charge in [-0.25, -0.2) is 18.1 Å². The number of rotatable bonds is 6. The molecule has 0 saturated carbocycles. The van der Waals surface area contributed by atoms with Crippen LogP contribution in [0.5, 0.6) is 11.6 Å². The maximum Gasteiger partial charge on any atom is 0.240 e. The predicted molar refractivity (Wildman–Crippen MR) is 108 cm³/mol. The Morgan fingerprint density at radius 1 is 0.929 bits per heavy atom. The molecule has 0 amide bonds. The van der Waals surface area contributed by atoms with Crippen molar-refractivity contribution in [2.24, 2.45) is 0 Å². The summed E-state index contributed by atoms with van der Waals surface area (Å²) in [6, 6.07) is 18.2. The maximum atomic E-state index is 12.7. The summed E-state index contributed by atoms with van der Waals surface area (Å²) in [4.78, 5) is 4.46. The second-order valence-electron chi connectivity index (χ2n) is 6.88. The Kier molecular flexibility index (Phi) is 5.41. The number of fused-ring (bicyclic) bond motifs is 1. The molecule has 3 aromatic rings. The minimum atomic E-state index is -3.57. The summed E-state index contributed by atoms with van der Waals surface area (Å²) >= 11 is 0. The van der Waals surface area contributed by atoms with Gasteiger partial charge < -0.3 is 4.74 Å². The summed E-state index contributed by atoms with van der Waals surface area (Å²) in [6.07, 6.45) is 5.94. The van der Waals surface area contributed by atoms with Crippen LogP contribution in [-0.2, 0) is 29.4 Å². The summed E-state index contributed by atoms with van der Waals surface area (Å²) in [5.74, 6) is 1.11. The van der Waals surface area contributed by atoms with E-state index in [0.29, 0.717) is 16.5 Å². The molecule has 0 atom stereocenters. The zero-order chi connectivity index (χ0) is 19.4. The third kappa shape index (κ3) is 4.40. The molecule has 0 radical (unpaired) electrons. The van der Waals surface area contributed by atoms with E-state index in [1.165, 1.54) is 12.0 Å². The number of sulfonamides is 1. The summed E-state index contributed by atoms with van der Waals surface area (Å²) < 4.78 is 33.8. The average Bonchev–Trinajstić information content (AvgIpc) is 2.73. The molecule has 5 nitrogen and oxygen atoms in total. The number of nitrogens with one attached hydrogen (secondary N) is 1. The molecule has 4 rings (SSSR count). The van der Waals surface area contributed by atoms with Crippen molar-refractivity contribution in [2.45, 2.75) is 37.1 Å². The Morgan fingerprint density at radius 3 is 2.61 bits per heavy atom. The lowest BCUT2D eigenvalue weighted by molar-refractivity contribution is 0.462. The molecule has 1 aliphatic rings. The molecule has 144 valence electrons. The van der Waals surface area contributed by atoms with Gasteiger partial charge in [0.25, 0.3) is 0 Å². The number of hydrogen-bond acceptors (Lipinski definition) is 4. The van der Waals surface area contributed by atoms with Gasteiger partial charge in [-0.3, -0.25) is 0 Å². The SMILES string of the molecule is O=S(=O)(NCc1cccc(Oc2ccccn2)c1)c1ccc2c(c1)CCCC2. The van der Waals surface area contributed by atoms with E-state index in [2.05, 4.69) is 9.71 Å². The van der Waals surface area contributed by atoms with Crippen LogP contribution in [0.4, 0.5) is 0 Å². The van der Waals surface area contributed by atoms with E-state index in [4.69, 9.17) is 4.74 Å². The molecule has 28 heavy (non-hydrogen) atoms. The van der Waals surface area contributed by atoms with Crippen LogP contribution in [0, 0.1) is 0 Å². The lowest BCUT2D eigenvalue weighted by atomic mass is 9.92. The first-order valence-electron chi connectivity index (χ1n) is 9.39. The minimum Gasteiger partial charge on any atom is -0.439 e. The first kappa shape index (κ1) is 18.7. The van der Waals surface area contributed by atoms with Crippen molar-refractivity contribution < 1.29 is 13.2 Å². The van der Waals surface area contributed by atoms with Gasteiger partial charge in [0.15, 0.2) is 0 Å². The van der Waals surface area contributed by atoms with Crippen LogP contribution < -0.4 is 9.46 Å². The van der Waals surface area contributed by atoms with Crippen LogP contribution in [-0.4, -0.2) is 13.4 Å². The fourth-order valence-corrected chi connectivity index (χ4v) is 4.45. The first-order valence-corrected chi connectivity index (χ1v) is 10.9. The highest BCUT2D eigenvalue weighted by Crippen LogP contribution is 2.24. The fraction of sp³-hybridized carbons (Fsp3) is 0.227. The van der Waals surface area contributed by atoms with Crippen molar-refractivity contribution in [1.29, 1.82) is 0 Å². The van der Waals surface area contributed by atoms with Gasteiger partial charge in [-0.15, -0.1) is 0 Å². The van der Waals surface area contributed by atoms with E-state index in [0.717, 1.165) is 30.4 Å². The molecular weight excluding hydrogens is 372 g/mol. The standard InChI is InChI=1S/C22H22N2O3S/c25-28(26,21-12-11-18-7-1-2-8-19(18)15-21)24-16-17-6-5-9-20(14-17)27-22-10-3-4-13-23-22/h3-6,9-15,24H,1-2,7-8,16H2. The molecule has 0 aliphatic heterocycles. The van der Waals surface area contributed by atoms with Gasteiger partial charge in [0.05, 0.1) is 4.90 Å². The number of hydrogen-bond donors (Lipinski definition) is 1. The van der Waals surface area contributed by atoms with Gasteiger partial charge in [-0.1, -0.05) is 24.3 Å². The number of ether oxygens (including phenoxy) is 1. The van der Waals surface area contributed by atoms with Crippen molar-refractivity contribution in [3.05, 3.63) is 83.6 Å². The zero-order valence-electron chi connectivity index (χ0n) is 15.5. The van der Waals surface area contributed by atoms with E-state index in [-0.39, 0.29) is 6.54 Å². The topological polar surface area (TPSA) is 68.3 Å². The lowest BCUT2D eigenvalue weighted by Crippen LogP contribution is -2.23. The number of nitrogens with zero attached hydrogens (tertiary/aromatic N) is 1. The van der Waals surface area contributed by atoms with Crippen molar-refractivity contribution >= 4 is 10.0 Å². The second kappa shape index (κ2) is 8.12. The number of benzene rings is 2. The predicted octanol–water partition coefficient (Wildman–Crippen LogP) is 4.23. The Hall–Kier alpha value is -2.70. The summed E-state index contributed by atoms with van der Waals surface area (Å²) in [5.41, 5.74) is 3.24. The molecule has 6 heteroatoms. The smallest absolute Gasteiger partial charge is 0.240 e. The molecule has 1 aliphatic carbocycles. The molecular formula is C22H22N2O3S. The van der Waals surface area contributed by atoms with Crippen LogP contribution >= 0.6 is 0 Å². The number of aromatic nitrogens is 1. The normalized spacial score (nSPS) is 13.7. The molecule has 1 aromatic heterocycles. The molecule has 0 saturated heterocycles. The molecule has 1 heterocycles. The van der Waals surface area contributed by atoms with Crippen LogP contribution in [0.15, 0.2) is 71.8 Å². The van der Waals surface area contributed by atoms with Gasteiger partial charge in [0, 0.05) is 18.8 Å². The Balaban J connectivity index is 1.45. The van der Waals surface area contributed by atoms with Gasteiger partial charge in [0.1, 0.15) is 5.75 Å². The summed E-state index contributed by atoms with van der Waals surface area (Å²) in [7, 11) is -3.57. The maximum absolute atomic E-state index is 12.7. The minimum absolute atomic E-state index is 0.193. The fourth-order valence-electron chi connectivity index (χ4n) is 3.39. The van der Waals surface area contributed by atoms with Gasteiger partial charge in [-0.2, -0.15) is 0 Å². The Morgan fingerprint density at radius 2 is 1.79 bits per heavy atom. The average molecular weight is 394 g/mol. The third-order valence-electron chi connectivity index (χ3n) is 4.86. The van der Waals surface area contributed by atoms with Gasteiger partial charge >= 0.3 is 0 Å².